The predicted molar refractivity (Wildman–Crippen MR) is 270 cm³/mol. The summed E-state index contributed by atoms with van der Waals surface area (Å²) in [5.41, 5.74) is 17.8. The third kappa shape index (κ3) is 5.55. The molecule has 13 rings (SSSR count). The molecule has 300 valence electrons. The summed E-state index contributed by atoms with van der Waals surface area (Å²) >= 11 is 0. The van der Waals surface area contributed by atoms with Crippen molar-refractivity contribution in [3.05, 3.63) is 230 Å². The summed E-state index contributed by atoms with van der Waals surface area (Å²) in [6.45, 7) is 4.78. The molecule has 64 heavy (non-hydrogen) atoms. The molecule has 0 saturated heterocycles. The summed E-state index contributed by atoms with van der Waals surface area (Å²) in [4.78, 5) is 5.17. The van der Waals surface area contributed by atoms with Crippen molar-refractivity contribution < 1.29 is 0 Å². The monoisotopic (exact) mass is 814 g/mol. The average Bonchev–Trinajstić information content (AvgIpc) is 3.84. The van der Waals surface area contributed by atoms with Gasteiger partial charge in [0.25, 0.3) is 0 Å². The van der Waals surface area contributed by atoms with Crippen molar-refractivity contribution >= 4 is 48.7 Å². The molecule has 2 heterocycles. The van der Waals surface area contributed by atoms with Crippen LogP contribution < -0.4 is 0 Å². The lowest BCUT2D eigenvalue weighted by molar-refractivity contribution is 0.661. The van der Waals surface area contributed by atoms with E-state index in [2.05, 4.69) is 237 Å². The minimum atomic E-state index is -0.149. The summed E-state index contributed by atoms with van der Waals surface area (Å²) in [5.74, 6) is 0. The van der Waals surface area contributed by atoms with Crippen molar-refractivity contribution in [1.29, 1.82) is 0 Å². The highest BCUT2D eigenvalue weighted by molar-refractivity contribution is 6.23. The van der Waals surface area contributed by atoms with Crippen molar-refractivity contribution in [3.63, 3.8) is 0 Å². The molecule has 2 nitrogen and oxygen atoms in total. The molecule has 10 aromatic carbocycles. The minimum Gasteiger partial charge on any atom is -0.299 e. The van der Waals surface area contributed by atoms with Crippen LogP contribution >= 0.6 is 0 Å². The van der Waals surface area contributed by atoms with E-state index in [0.29, 0.717) is 0 Å². The minimum absolute atomic E-state index is 0.149. The van der Waals surface area contributed by atoms with E-state index in [4.69, 9.17) is 4.98 Å². The van der Waals surface area contributed by atoms with Gasteiger partial charge < -0.3 is 0 Å². The third-order valence-electron chi connectivity index (χ3n) is 14.0. The van der Waals surface area contributed by atoms with Crippen molar-refractivity contribution in [2.75, 3.05) is 0 Å². The average molecular weight is 815 g/mol. The highest BCUT2D eigenvalue weighted by Gasteiger charge is 2.36. The smallest absolute Gasteiger partial charge is 0.137 e. The number of rotatable bonds is 5. The van der Waals surface area contributed by atoms with Crippen LogP contribution in [0, 0.1) is 0 Å². The Hall–Kier alpha value is -8.07. The Morgan fingerprint density at radius 1 is 0.359 bits per heavy atom. The zero-order valence-electron chi connectivity index (χ0n) is 35.7. The third-order valence-corrected chi connectivity index (χ3v) is 14.0. The van der Waals surface area contributed by atoms with Crippen molar-refractivity contribution in [2.45, 2.75) is 19.3 Å². The SMILES string of the molecule is CC1(C)c2ccccc2-c2cc3c(-c4ccc5ccccc5c4)c4ccc(-c5ccc(-c6nc7ccccn7c6-c6ccccc6)cc5)cc4c(-c4ccc5ccccc5c4)c3cc21. The van der Waals surface area contributed by atoms with Gasteiger partial charge in [0.15, 0.2) is 0 Å². The standard InChI is InChI=1S/C62H42N2/c1-62(2)55-21-11-10-20-49(55)51-37-53-54(38-56(51)62)59(48-30-26-40-15-7-9-19-45(40)35-48)52-36-46(31-32-50(52)58(53)47-29-25-39-14-6-8-18-44(39)34-47)41-23-27-42(28-24-41)60-61(43-16-4-3-5-17-43)64-33-13-12-22-57(64)63-60/h3-38H,1-2H3. The fourth-order valence-corrected chi connectivity index (χ4v) is 10.8. The second-order valence-electron chi connectivity index (χ2n) is 17.9. The zero-order chi connectivity index (χ0) is 42.5. The predicted octanol–water partition coefficient (Wildman–Crippen LogP) is 16.6. The van der Waals surface area contributed by atoms with Crippen molar-refractivity contribution in [1.82, 2.24) is 9.38 Å². The fourth-order valence-electron chi connectivity index (χ4n) is 10.8. The molecule has 0 saturated carbocycles. The molecule has 0 atom stereocenters. The molecule has 12 aromatic rings. The maximum atomic E-state index is 5.17. The van der Waals surface area contributed by atoms with Crippen LogP contribution in [0.15, 0.2) is 219 Å². The first-order valence-corrected chi connectivity index (χ1v) is 22.3. The van der Waals surface area contributed by atoms with Gasteiger partial charge in [-0.25, -0.2) is 4.98 Å². The van der Waals surface area contributed by atoms with Crippen LogP contribution in [0.1, 0.15) is 25.0 Å². The van der Waals surface area contributed by atoms with Gasteiger partial charge in [0.1, 0.15) is 5.65 Å². The molecule has 1 aliphatic rings. The number of imidazole rings is 1. The highest BCUT2D eigenvalue weighted by atomic mass is 15.0. The van der Waals surface area contributed by atoms with Crippen molar-refractivity contribution in [3.8, 4) is 67.0 Å². The second-order valence-corrected chi connectivity index (χ2v) is 17.9. The summed E-state index contributed by atoms with van der Waals surface area (Å²) in [5, 5.41) is 10.0. The molecule has 2 aromatic heterocycles. The Kier molecular flexibility index (Phi) is 7.98. The molecule has 1 aliphatic carbocycles. The molecule has 2 heteroatoms. The van der Waals surface area contributed by atoms with Gasteiger partial charge in [-0.3, -0.25) is 4.40 Å². The van der Waals surface area contributed by atoms with Crippen LogP contribution in [0.3, 0.4) is 0 Å². The topological polar surface area (TPSA) is 17.3 Å². The fraction of sp³-hybridized carbons (Fsp3) is 0.0484. The summed E-state index contributed by atoms with van der Waals surface area (Å²) in [7, 11) is 0. The first-order chi connectivity index (χ1) is 31.5. The van der Waals surface area contributed by atoms with Gasteiger partial charge in [-0.1, -0.05) is 184 Å². The van der Waals surface area contributed by atoms with E-state index in [0.717, 1.165) is 33.7 Å². The number of aromatic nitrogens is 2. The van der Waals surface area contributed by atoms with E-state index < -0.39 is 0 Å². The largest absolute Gasteiger partial charge is 0.299 e. The summed E-state index contributed by atoms with van der Waals surface area (Å²) in [6, 6.07) is 78.5. The Balaban J connectivity index is 1.08. The molecule has 0 aliphatic heterocycles. The Morgan fingerprint density at radius 2 is 0.922 bits per heavy atom. The first-order valence-electron chi connectivity index (χ1n) is 22.3. The van der Waals surface area contributed by atoms with E-state index in [1.807, 2.05) is 0 Å². The van der Waals surface area contributed by atoms with Gasteiger partial charge in [0.05, 0.1) is 11.4 Å². The number of fused-ring (bicyclic) bond motifs is 8. The van der Waals surface area contributed by atoms with Gasteiger partial charge in [-0.15, -0.1) is 0 Å². The number of pyridine rings is 1. The van der Waals surface area contributed by atoms with Crippen LogP contribution in [0.25, 0.3) is 116 Å². The summed E-state index contributed by atoms with van der Waals surface area (Å²) in [6.07, 6.45) is 2.11. The Bertz CT molecular complexity index is 3850. The molecule has 0 radical (unpaired) electrons. The van der Waals surface area contributed by atoms with Gasteiger partial charge in [-0.05, 0) is 141 Å². The van der Waals surface area contributed by atoms with Crippen LogP contribution in [0.4, 0.5) is 0 Å². The van der Waals surface area contributed by atoms with Gasteiger partial charge in [-0.2, -0.15) is 0 Å². The van der Waals surface area contributed by atoms with Crippen LogP contribution in [-0.2, 0) is 5.41 Å². The van der Waals surface area contributed by atoms with Crippen LogP contribution in [-0.4, -0.2) is 9.38 Å². The lowest BCUT2D eigenvalue weighted by atomic mass is 9.79. The Labute approximate surface area is 372 Å². The van der Waals surface area contributed by atoms with Gasteiger partial charge >= 0.3 is 0 Å². The molecular weight excluding hydrogens is 773 g/mol. The number of benzene rings is 10. The summed E-state index contributed by atoms with van der Waals surface area (Å²) < 4.78 is 2.20. The van der Waals surface area contributed by atoms with E-state index in [9.17, 15) is 0 Å². The van der Waals surface area contributed by atoms with Crippen molar-refractivity contribution in [2.24, 2.45) is 0 Å². The zero-order valence-corrected chi connectivity index (χ0v) is 35.7. The second kappa shape index (κ2) is 14.0. The maximum absolute atomic E-state index is 5.17. The molecule has 0 N–H and O–H groups in total. The van der Waals surface area contributed by atoms with E-state index in [1.54, 1.807) is 0 Å². The van der Waals surface area contributed by atoms with E-state index >= 15 is 0 Å². The quantitative estimate of drug-likeness (QED) is 0.158. The van der Waals surface area contributed by atoms with Crippen LogP contribution in [0.5, 0.6) is 0 Å². The Morgan fingerprint density at radius 3 is 1.66 bits per heavy atom. The van der Waals surface area contributed by atoms with E-state index in [1.165, 1.54) is 93.2 Å². The number of nitrogens with zero attached hydrogens (tertiary/aromatic N) is 2. The molecule has 0 spiro atoms. The molecule has 0 bridgehead atoms. The molecule has 0 amide bonds. The maximum Gasteiger partial charge on any atom is 0.137 e. The number of hydrogen-bond donors (Lipinski definition) is 0. The highest BCUT2D eigenvalue weighted by Crippen LogP contribution is 2.54. The van der Waals surface area contributed by atoms with Crippen LogP contribution in [0.2, 0.25) is 0 Å². The lowest BCUT2D eigenvalue weighted by Crippen LogP contribution is -2.14. The normalized spacial score (nSPS) is 13.0. The molecular formula is C62H42N2. The van der Waals surface area contributed by atoms with E-state index in [-0.39, 0.29) is 5.41 Å². The number of hydrogen-bond acceptors (Lipinski definition) is 1. The lowest BCUT2D eigenvalue weighted by Gasteiger charge is -2.24. The van der Waals surface area contributed by atoms with Gasteiger partial charge in [0.2, 0.25) is 0 Å². The molecule has 0 unspecified atom stereocenters. The molecule has 0 fully saturated rings. The van der Waals surface area contributed by atoms with Gasteiger partial charge in [0, 0.05) is 22.7 Å². The first kappa shape index (κ1) is 36.6.